The summed E-state index contributed by atoms with van der Waals surface area (Å²) in [7, 11) is 0. The lowest BCUT2D eigenvalue weighted by molar-refractivity contribution is 0.0734. The molecule has 0 atom stereocenters. The molecule has 3 nitrogen and oxygen atoms in total. The molecule has 24 heavy (non-hydrogen) atoms. The van der Waals surface area contributed by atoms with Crippen molar-refractivity contribution in [2.24, 2.45) is 0 Å². The summed E-state index contributed by atoms with van der Waals surface area (Å²) in [5.74, 6) is 0.596. The predicted molar refractivity (Wildman–Crippen MR) is 93.6 cm³/mol. The van der Waals surface area contributed by atoms with Gasteiger partial charge in [0.05, 0.1) is 5.56 Å². The van der Waals surface area contributed by atoms with Gasteiger partial charge in [0.15, 0.2) is 0 Å². The van der Waals surface area contributed by atoms with E-state index in [1.54, 1.807) is 42.5 Å². The second-order valence-electron chi connectivity index (χ2n) is 5.15. The summed E-state index contributed by atoms with van der Waals surface area (Å²) in [6.07, 6.45) is 0. The van der Waals surface area contributed by atoms with Crippen molar-refractivity contribution in [3.8, 4) is 11.5 Å². The minimum Gasteiger partial charge on any atom is -0.489 e. The van der Waals surface area contributed by atoms with Gasteiger partial charge < -0.3 is 9.47 Å². The molecule has 3 rings (SSSR count). The molecule has 3 aromatic rings. The van der Waals surface area contributed by atoms with E-state index in [-0.39, 0.29) is 0 Å². The van der Waals surface area contributed by atoms with Crippen molar-refractivity contribution in [3.63, 3.8) is 0 Å². The first kappa shape index (κ1) is 16.1. The third-order valence-electron chi connectivity index (χ3n) is 3.32. The van der Waals surface area contributed by atoms with E-state index >= 15 is 0 Å². The molecular formula is C20H15ClO3. The van der Waals surface area contributed by atoms with Crippen LogP contribution in [0.2, 0.25) is 5.02 Å². The maximum absolute atomic E-state index is 12.1. The molecule has 0 spiro atoms. The molecular weight excluding hydrogens is 324 g/mol. The Morgan fingerprint density at radius 1 is 0.833 bits per heavy atom. The molecule has 120 valence electrons. The zero-order valence-corrected chi connectivity index (χ0v) is 13.6. The van der Waals surface area contributed by atoms with Crippen LogP contribution < -0.4 is 9.47 Å². The predicted octanol–water partition coefficient (Wildman–Crippen LogP) is 5.14. The van der Waals surface area contributed by atoms with E-state index < -0.39 is 5.97 Å². The first-order chi connectivity index (χ1) is 11.7. The van der Waals surface area contributed by atoms with Crippen LogP contribution in [0.4, 0.5) is 0 Å². The number of benzene rings is 3. The zero-order chi connectivity index (χ0) is 16.8. The molecule has 0 unspecified atom stereocenters. The minimum atomic E-state index is -0.460. The van der Waals surface area contributed by atoms with E-state index in [1.165, 1.54) is 0 Å². The molecule has 0 aliphatic carbocycles. The van der Waals surface area contributed by atoms with Gasteiger partial charge in [0.2, 0.25) is 0 Å². The molecule has 0 fully saturated rings. The second kappa shape index (κ2) is 7.66. The SMILES string of the molecule is O=C(Oc1cccc(OCc2ccccc2)c1)c1cccc(Cl)c1. The van der Waals surface area contributed by atoms with Gasteiger partial charge in [-0.05, 0) is 35.9 Å². The lowest BCUT2D eigenvalue weighted by atomic mass is 10.2. The Bertz CT molecular complexity index is 831. The summed E-state index contributed by atoms with van der Waals surface area (Å²) < 4.78 is 11.1. The van der Waals surface area contributed by atoms with Crippen LogP contribution in [0.5, 0.6) is 11.5 Å². The number of carbonyl (C=O) groups is 1. The zero-order valence-electron chi connectivity index (χ0n) is 12.8. The highest BCUT2D eigenvalue weighted by Gasteiger charge is 2.09. The fraction of sp³-hybridized carbons (Fsp3) is 0.0500. The van der Waals surface area contributed by atoms with Crippen molar-refractivity contribution in [3.05, 3.63) is 95.0 Å². The summed E-state index contributed by atoms with van der Waals surface area (Å²) in [6.45, 7) is 0.451. The van der Waals surface area contributed by atoms with Crippen LogP contribution in [0.3, 0.4) is 0 Å². The van der Waals surface area contributed by atoms with Crippen LogP contribution in [0.25, 0.3) is 0 Å². The summed E-state index contributed by atoms with van der Waals surface area (Å²) in [6, 6.07) is 23.5. The van der Waals surface area contributed by atoms with Gasteiger partial charge in [-0.1, -0.05) is 54.1 Å². The average molecular weight is 339 g/mol. The van der Waals surface area contributed by atoms with Crippen molar-refractivity contribution in [2.45, 2.75) is 6.61 Å². The summed E-state index contributed by atoms with van der Waals surface area (Å²) in [5, 5.41) is 0.490. The van der Waals surface area contributed by atoms with E-state index in [0.29, 0.717) is 28.7 Å². The summed E-state index contributed by atoms with van der Waals surface area (Å²) in [4.78, 5) is 12.1. The lowest BCUT2D eigenvalue weighted by Gasteiger charge is -2.09. The monoisotopic (exact) mass is 338 g/mol. The highest BCUT2D eigenvalue weighted by atomic mass is 35.5. The van der Waals surface area contributed by atoms with Crippen LogP contribution >= 0.6 is 11.6 Å². The fourth-order valence-electron chi connectivity index (χ4n) is 2.15. The third-order valence-corrected chi connectivity index (χ3v) is 3.56. The maximum atomic E-state index is 12.1. The fourth-order valence-corrected chi connectivity index (χ4v) is 2.34. The number of hydrogen-bond acceptors (Lipinski definition) is 3. The Balaban J connectivity index is 1.65. The Morgan fingerprint density at radius 3 is 2.38 bits per heavy atom. The van der Waals surface area contributed by atoms with Crippen molar-refractivity contribution < 1.29 is 14.3 Å². The topological polar surface area (TPSA) is 35.5 Å². The van der Waals surface area contributed by atoms with Crippen LogP contribution in [0.1, 0.15) is 15.9 Å². The minimum absolute atomic E-state index is 0.401. The molecule has 3 aromatic carbocycles. The number of rotatable bonds is 5. The van der Waals surface area contributed by atoms with E-state index in [9.17, 15) is 4.79 Å². The Morgan fingerprint density at radius 2 is 1.58 bits per heavy atom. The molecule has 0 heterocycles. The normalized spacial score (nSPS) is 10.2. The van der Waals surface area contributed by atoms with Gasteiger partial charge in [-0.2, -0.15) is 0 Å². The molecule has 0 aliphatic rings. The maximum Gasteiger partial charge on any atom is 0.343 e. The van der Waals surface area contributed by atoms with Gasteiger partial charge in [-0.25, -0.2) is 4.79 Å². The molecule has 4 heteroatoms. The van der Waals surface area contributed by atoms with Crippen molar-refractivity contribution >= 4 is 17.6 Å². The first-order valence-corrected chi connectivity index (χ1v) is 7.83. The average Bonchev–Trinajstić information content (AvgIpc) is 2.61. The van der Waals surface area contributed by atoms with E-state index in [2.05, 4.69) is 0 Å². The molecule has 0 aromatic heterocycles. The number of ether oxygens (including phenoxy) is 2. The molecule has 0 bridgehead atoms. The molecule has 0 amide bonds. The summed E-state index contributed by atoms with van der Waals surface area (Å²) in [5.41, 5.74) is 1.47. The van der Waals surface area contributed by atoms with Crippen molar-refractivity contribution in [1.82, 2.24) is 0 Å². The number of halogens is 1. The van der Waals surface area contributed by atoms with Gasteiger partial charge in [0.25, 0.3) is 0 Å². The van der Waals surface area contributed by atoms with Gasteiger partial charge >= 0.3 is 5.97 Å². The van der Waals surface area contributed by atoms with Gasteiger partial charge in [0, 0.05) is 11.1 Å². The Hall–Kier alpha value is -2.78. The van der Waals surface area contributed by atoms with E-state index in [0.717, 1.165) is 5.56 Å². The standard InChI is InChI=1S/C20H15ClO3/c21-17-9-4-8-16(12-17)20(22)24-19-11-5-10-18(13-19)23-14-15-6-2-1-3-7-15/h1-13H,14H2. The molecule has 0 N–H and O–H groups in total. The quantitative estimate of drug-likeness (QED) is 0.477. The van der Waals surface area contributed by atoms with Gasteiger partial charge in [0.1, 0.15) is 18.1 Å². The van der Waals surface area contributed by atoms with Crippen LogP contribution in [0, 0.1) is 0 Å². The number of esters is 1. The summed E-state index contributed by atoms with van der Waals surface area (Å²) >= 11 is 5.89. The van der Waals surface area contributed by atoms with E-state index in [4.69, 9.17) is 21.1 Å². The largest absolute Gasteiger partial charge is 0.489 e. The number of hydrogen-bond donors (Lipinski definition) is 0. The molecule has 0 saturated heterocycles. The highest BCUT2D eigenvalue weighted by molar-refractivity contribution is 6.30. The second-order valence-corrected chi connectivity index (χ2v) is 5.59. The molecule has 0 radical (unpaired) electrons. The first-order valence-electron chi connectivity index (χ1n) is 7.45. The third kappa shape index (κ3) is 4.37. The van der Waals surface area contributed by atoms with Gasteiger partial charge in [-0.3, -0.25) is 0 Å². The van der Waals surface area contributed by atoms with E-state index in [1.807, 2.05) is 36.4 Å². The van der Waals surface area contributed by atoms with Crippen molar-refractivity contribution in [2.75, 3.05) is 0 Å². The molecule has 0 saturated carbocycles. The lowest BCUT2D eigenvalue weighted by Crippen LogP contribution is -2.08. The van der Waals surface area contributed by atoms with Crippen LogP contribution in [-0.2, 0) is 6.61 Å². The number of carbonyl (C=O) groups excluding carboxylic acids is 1. The Labute approximate surface area is 145 Å². The smallest absolute Gasteiger partial charge is 0.343 e. The van der Waals surface area contributed by atoms with Gasteiger partial charge in [-0.15, -0.1) is 0 Å². The molecule has 0 aliphatic heterocycles. The Kier molecular flexibility index (Phi) is 5.14. The highest BCUT2D eigenvalue weighted by Crippen LogP contribution is 2.22. The van der Waals surface area contributed by atoms with Crippen molar-refractivity contribution in [1.29, 1.82) is 0 Å². The van der Waals surface area contributed by atoms with Crippen LogP contribution in [0.15, 0.2) is 78.9 Å². The van der Waals surface area contributed by atoms with Crippen LogP contribution in [-0.4, -0.2) is 5.97 Å².